The molecular weight excluding hydrogens is 290 g/mol. The highest BCUT2D eigenvalue weighted by molar-refractivity contribution is 5.47. The Labute approximate surface area is 139 Å². The van der Waals surface area contributed by atoms with E-state index in [2.05, 4.69) is 37.9 Å². The molecule has 23 heavy (non-hydrogen) atoms. The van der Waals surface area contributed by atoms with Gasteiger partial charge in [0.15, 0.2) is 11.5 Å². The molecule has 128 valence electrons. The van der Waals surface area contributed by atoms with E-state index in [0.717, 1.165) is 30.9 Å². The molecule has 1 aromatic rings. The molecule has 1 saturated heterocycles. The highest BCUT2D eigenvalue weighted by Gasteiger charge is 2.57. The minimum atomic E-state index is -0.219. The fraction of sp³-hybridized carbons (Fsp3) is 0.684. The molecule has 1 heterocycles. The number of likely N-dealkylation sites (N-methyl/N-ethyl adjacent to an activating group) is 1. The fourth-order valence-electron chi connectivity index (χ4n) is 5.17. The van der Waals surface area contributed by atoms with Crippen molar-refractivity contribution in [1.29, 1.82) is 0 Å². The van der Waals surface area contributed by atoms with Crippen LogP contribution in [-0.2, 0) is 5.41 Å². The van der Waals surface area contributed by atoms with E-state index in [9.17, 15) is 5.11 Å². The molecule has 0 spiro atoms. The first-order valence-electron chi connectivity index (χ1n) is 8.56. The van der Waals surface area contributed by atoms with E-state index in [0.29, 0.717) is 12.0 Å². The molecule has 2 fully saturated rings. The number of aliphatic hydroxyl groups excluding tert-OH is 1. The molecule has 4 heteroatoms. The van der Waals surface area contributed by atoms with Gasteiger partial charge in [0.2, 0.25) is 0 Å². The van der Waals surface area contributed by atoms with Crippen molar-refractivity contribution in [3.8, 4) is 11.5 Å². The zero-order valence-electron chi connectivity index (χ0n) is 14.9. The van der Waals surface area contributed by atoms with Gasteiger partial charge in [-0.05, 0) is 56.0 Å². The number of methoxy groups -OCH3 is 2. The average molecular weight is 319 g/mol. The topological polar surface area (TPSA) is 41.9 Å². The second-order valence-corrected chi connectivity index (χ2v) is 7.35. The summed E-state index contributed by atoms with van der Waals surface area (Å²) in [6.45, 7) is 5.55. The van der Waals surface area contributed by atoms with Gasteiger partial charge in [-0.3, -0.25) is 0 Å². The van der Waals surface area contributed by atoms with Crippen molar-refractivity contribution < 1.29 is 14.6 Å². The number of fused-ring (bicyclic) bond motifs is 1. The van der Waals surface area contributed by atoms with Crippen LogP contribution >= 0.6 is 0 Å². The van der Waals surface area contributed by atoms with Crippen LogP contribution in [-0.4, -0.2) is 50.0 Å². The second-order valence-electron chi connectivity index (χ2n) is 7.35. The Bertz CT molecular complexity index is 576. The predicted octanol–water partition coefficient (Wildman–Crippen LogP) is 2.68. The van der Waals surface area contributed by atoms with Crippen LogP contribution in [0.5, 0.6) is 11.5 Å². The lowest BCUT2D eigenvalue weighted by Gasteiger charge is -2.51. The SMILES string of the molecule is COc1ccc([C@]23CCN(C)[C@H]2[C@H](C)[C@@H](O)C[C@@H]3C)cc1OC. The van der Waals surface area contributed by atoms with Gasteiger partial charge in [0.1, 0.15) is 0 Å². The second kappa shape index (κ2) is 5.99. The van der Waals surface area contributed by atoms with Crippen molar-refractivity contribution in [3.63, 3.8) is 0 Å². The van der Waals surface area contributed by atoms with Gasteiger partial charge in [0.05, 0.1) is 20.3 Å². The summed E-state index contributed by atoms with van der Waals surface area (Å²) in [7, 11) is 5.55. The lowest BCUT2D eigenvalue weighted by molar-refractivity contribution is -0.0260. The predicted molar refractivity (Wildman–Crippen MR) is 91.2 cm³/mol. The Kier molecular flexibility index (Phi) is 4.32. The van der Waals surface area contributed by atoms with Gasteiger partial charge in [-0.25, -0.2) is 0 Å². The molecule has 1 aliphatic heterocycles. The smallest absolute Gasteiger partial charge is 0.161 e. The Hall–Kier alpha value is -1.26. The Morgan fingerprint density at radius 3 is 2.52 bits per heavy atom. The summed E-state index contributed by atoms with van der Waals surface area (Å²) in [6, 6.07) is 6.71. The van der Waals surface area contributed by atoms with Crippen LogP contribution in [0, 0.1) is 11.8 Å². The minimum absolute atomic E-state index is 0.0763. The van der Waals surface area contributed by atoms with Gasteiger partial charge >= 0.3 is 0 Å². The lowest BCUT2D eigenvalue weighted by atomic mass is 9.57. The molecule has 1 aliphatic carbocycles. The molecule has 1 N–H and O–H groups in total. The Morgan fingerprint density at radius 1 is 1.17 bits per heavy atom. The number of likely N-dealkylation sites (tertiary alicyclic amines) is 1. The molecule has 1 saturated carbocycles. The number of benzene rings is 1. The van der Waals surface area contributed by atoms with E-state index in [-0.39, 0.29) is 17.4 Å². The molecule has 5 atom stereocenters. The van der Waals surface area contributed by atoms with Gasteiger partial charge in [0.25, 0.3) is 0 Å². The molecular formula is C19H29NO3. The van der Waals surface area contributed by atoms with E-state index in [4.69, 9.17) is 9.47 Å². The maximum atomic E-state index is 10.5. The number of nitrogens with zero attached hydrogens (tertiary/aromatic N) is 1. The molecule has 0 unspecified atom stereocenters. The largest absolute Gasteiger partial charge is 0.493 e. The van der Waals surface area contributed by atoms with Crippen LogP contribution < -0.4 is 9.47 Å². The highest BCUT2D eigenvalue weighted by atomic mass is 16.5. The number of hydrogen-bond acceptors (Lipinski definition) is 4. The van der Waals surface area contributed by atoms with Gasteiger partial charge in [-0.2, -0.15) is 0 Å². The highest BCUT2D eigenvalue weighted by Crippen LogP contribution is 2.54. The first-order chi connectivity index (χ1) is 11.0. The molecule has 4 nitrogen and oxygen atoms in total. The standard InChI is InChI=1S/C19H29NO3/c1-12-10-15(21)13(2)18-19(12,8-9-20(18)3)14-6-7-16(22-4)17(11-14)23-5/h6-7,11-13,15,18,21H,8-10H2,1-5H3/t12-,13+,15-,18-,19+/m0/s1. The third-order valence-electron chi connectivity index (χ3n) is 6.38. The summed E-state index contributed by atoms with van der Waals surface area (Å²) in [5.74, 6) is 2.26. The third kappa shape index (κ3) is 2.34. The van der Waals surface area contributed by atoms with Crippen molar-refractivity contribution in [2.24, 2.45) is 11.8 Å². The number of aliphatic hydroxyl groups is 1. The fourth-order valence-corrected chi connectivity index (χ4v) is 5.17. The van der Waals surface area contributed by atoms with Crippen LogP contribution in [0.2, 0.25) is 0 Å². The minimum Gasteiger partial charge on any atom is -0.493 e. The van der Waals surface area contributed by atoms with Gasteiger partial charge in [-0.15, -0.1) is 0 Å². The number of hydrogen-bond donors (Lipinski definition) is 1. The van der Waals surface area contributed by atoms with E-state index in [1.54, 1.807) is 14.2 Å². The summed E-state index contributed by atoms with van der Waals surface area (Å²) in [5.41, 5.74) is 1.39. The number of ether oxygens (including phenoxy) is 2. The molecule has 0 aromatic heterocycles. The van der Waals surface area contributed by atoms with Crippen molar-refractivity contribution in [2.45, 2.75) is 44.2 Å². The van der Waals surface area contributed by atoms with Crippen LogP contribution in [0.1, 0.15) is 32.3 Å². The zero-order valence-corrected chi connectivity index (χ0v) is 14.9. The maximum absolute atomic E-state index is 10.5. The summed E-state index contributed by atoms with van der Waals surface area (Å²) >= 11 is 0. The van der Waals surface area contributed by atoms with Crippen LogP contribution in [0.3, 0.4) is 0 Å². The number of rotatable bonds is 3. The normalized spacial score (nSPS) is 37.5. The first kappa shape index (κ1) is 16.6. The molecule has 1 aromatic carbocycles. The molecule has 0 bridgehead atoms. The van der Waals surface area contributed by atoms with Gasteiger partial charge in [-0.1, -0.05) is 19.9 Å². The molecule has 2 aliphatic rings. The van der Waals surface area contributed by atoms with Crippen molar-refractivity contribution in [1.82, 2.24) is 4.90 Å². The molecule has 3 rings (SSSR count). The Morgan fingerprint density at radius 2 is 1.87 bits per heavy atom. The van der Waals surface area contributed by atoms with Crippen LogP contribution in [0.4, 0.5) is 0 Å². The third-order valence-corrected chi connectivity index (χ3v) is 6.38. The lowest BCUT2D eigenvalue weighted by Crippen LogP contribution is -2.56. The van der Waals surface area contributed by atoms with Gasteiger partial charge in [0, 0.05) is 11.5 Å². The van der Waals surface area contributed by atoms with Crippen molar-refractivity contribution >= 4 is 0 Å². The van der Waals surface area contributed by atoms with Crippen LogP contribution in [0.15, 0.2) is 18.2 Å². The van der Waals surface area contributed by atoms with Crippen LogP contribution in [0.25, 0.3) is 0 Å². The first-order valence-corrected chi connectivity index (χ1v) is 8.56. The maximum Gasteiger partial charge on any atom is 0.161 e. The van der Waals surface area contributed by atoms with E-state index < -0.39 is 0 Å². The van der Waals surface area contributed by atoms with E-state index in [1.807, 2.05) is 6.07 Å². The summed E-state index contributed by atoms with van der Waals surface area (Å²) < 4.78 is 10.9. The molecule has 0 amide bonds. The summed E-state index contributed by atoms with van der Waals surface area (Å²) in [4.78, 5) is 2.43. The van der Waals surface area contributed by atoms with Crippen molar-refractivity contribution in [3.05, 3.63) is 23.8 Å². The van der Waals surface area contributed by atoms with E-state index >= 15 is 0 Å². The average Bonchev–Trinajstić information content (AvgIpc) is 2.91. The quantitative estimate of drug-likeness (QED) is 0.930. The Balaban J connectivity index is 2.11. The van der Waals surface area contributed by atoms with Crippen molar-refractivity contribution in [2.75, 3.05) is 27.8 Å². The monoisotopic (exact) mass is 319 g/mol. The van der Waals surface area contributed by atoms with Gasteiger partial charge < -0.3 is 19.5 Å². The molecule has 0 radical (unpaired) electrons. The zero-order chi connectivity index (χ0) is 16.8. The summed E-state index contributed by atoms with van der Waals surface area (Å²) in [6.07, 6.45) is 1.77. The van der Waals surface area contributed by atoms with E-state index in [1.165, 1.54) is 5.56 Å². The summed E-state index contributed by atoms with van der Waals surface area (Å²) in [5, 5.41) is 10.5.